The molecule has 0 radical (unpaired) electrons. The number of benzene rings is 2. The largest absolute Gasteiger partial charge is 0.311 e. The van der Waals surface area contributed by atoms with Gasteiger partial charge in [-0.25, -0.2) is 8.78 Å². The van der Waals surface area contributed by atoms with Crippen molar-refractivity contribution in [1.29, 1.82) is 0 Å². The van der Waals surface area contributed by atoms with Crippen molar-refractivity contribution >= 4 is 11.6 Å². The highest BCUT2D eigenvalue weighted by molar-refractivity contribution is 6.06. The van der Waals surface area contributed by atoms with E-state index < -0.39 is 11.6 Å². The SMILES string of the molecule is O=C(c1ccc(F)c(F)c1)N1CCNCc2ccccc21. The van der Waals surface area contributed by atoms with Crippen LogP contribution < -0.4 is 10.2 Å². The molecule has 5 heteroatoms. The van der Waals surface area contributed by atoms with E-state index >= 15 is 0 Å². The third kappa shape index (κ3) is 2.64. The fourth-order valence-corrected chi connectivity index (χ4v) is 2.45. The van der Waals surface area contributed by atoms with Crippen molar-refractivity contribution in [1.82, 2.24) is 5.32 Å². The number of rotatable bonds is 1. The Morgan fingerprint density at radius 2 is 1.90 bits per heavy atom. The molecule has 1 heterocycles. The molecule has 1 N–H and O–H groups in total. The fourth-order valence-electron chi connectivity index (χ4n) is 2.45. The van der Waals surface area contributed by atoms with Crippen molar-refractivity contribution in [3.8, 4) is 0 Å². The van der Waals surface area contributed by atoms with Crippen LogP contribution in [0.25, 0.3) is 0 Å². The first kappa shape index (κ1) is 13.7. The summed E-state index contributed by atoms with van der Waals surface area (Å²) in [4.78, 5) is 14.2. The van der Waals surface area contributed by atoms with Crippen LogP contribution in [0, 0.1) is 11.6 Å². The fraction of sp³-hybridized carbons (Fsp3) is 0.188. The van der Waals surface area contributed by atoms with Crippen LogP contribution in [0.3, 0.4) is 0 Å². The molecule has 1 aliphatic heterocycles. The predicted octanol–water partition coefficient (Wildman–Crippen LogP) is 2.71. The van der Waals surface area contributed by atoms with Crippen LogP contribution in [0.2, 0.25) is 0 Å². The van der Waals surface area contributed by atoms with E-state index in [4.69, 9.17) is 0 Å². The van der Waals surface area contributed by atoms with Gasteiger partial charge in [0.05, 0.1) is 0 Å². The Kier molecular flexibility index (Phi) is 3.66. The van der Waals surface area contributed by atoms with Crippen molar-refractivity contribution in [2.24, 2.45) is 0 Å². The quantitative estimate of drug-likeness (QED) is 0.875. The molecule has 0 fully saturated rings. The maximum atomic E-state index is 13.3. The minimum atomic E-state index is -1.01. The number of fused-ring (bicyclic) bond motifs is 1. The van der Waals surface area contributed by atoms with Gasteiger partial charge in [-0.05, 0) is 29.8 Å². The molecule has 0 saturated heterocycles. The van der Waals surface area contributed by atoms with Crippen LogP contribution in [0.5, 0.6) is 0 Å². The van der Waals surface area contributed by atoms with Crippen LogP contribution in [-0.2, 0) is 6.54 Å². The molecule has 0 spiro atoms. The number of hydrogen-bond acceptors (Lipinski definition) is 2. The van der Waals surface area contributed by atoms with Crippen molar-refractivity contribution in [3.05, 3.63) is 65.2 Å². The van der Waals surface area contributed by atoms with E-state index in [1.165, 1.54) is 6.07 Å². The topological polar surface area (TPSA) is 32.3 Å². The molecule has 0 saturated carbocycles. The minimum absolute atomic E-state index is 0.144. The minimum Gasteiger partial charge on any atom is -0.311 e. The Balaban J connectivity index is 1.99. The lowest BCUT2D eigenvalue weighted by molar-refractivity contribution is 0.0987. The molecule has 3 nitrogen and oxygen atoms in total. The molecule has 0 aromatic heterocycles. The molecule has 0 atom stereocenters. The molecule has 3 rings (SSSR count). The molecular formula is C16H14F2N2O. The van der Waals surface area contributed by atoms with E-state index in [1.54, 1.807) is 4.90 Å². The first-order chi connectivity index (χ1) is 10.2. The van der Waals surface area contributed by atoms with Crippen LogP contribution in [0.15, 0.2) is 42.5 Å². The number of anilines is 1. The molecule has 2 aromatic rings. The third-order valence-corrected chi connectivity index (χ3v) is 3.52. The molecule has 108 valence electrons. The van der Waals surface area contributed by atoms with Gasteiger partial charge in [0.2, 0.25) is 0 Å². The summed E-state index contributed by atoms with van der Waals surface area (Å²) in [6, 6.07) is 10.8. The normalized spacial score (nSPS) is 14.5. The van der Waals surface area contributed by atoms with E-state index in [1.807, 2.05) is 24.3 Å². The molecule has 0 unspecified atom stereocenters. The van der Waals surface area contributed by atoms with Crippen molar-refractivity contribution < 1.29 is 13.6 Å². The average Bonchev–Trinajstić information content (AvgIpc) is 2.71. The zero-order valence-corrected chi connectivity index (χ0v) is 11.3. The molecule has 21 heavy (non-hydrogen) atoms. The number of halogens is 2. The van der Waals surface area contributed by atoms with E-state index in [-0.39, 0.29) is 11.5 Å². The summed E-state index contributed by atoms with van der Waals surface area (Å²) in [5.74, 6) is -2.29. The van der Waals surface area contributed by atoms with Gasteiger partial charge >= 0.3 is 0 Å². The van der Waals surface area contributed by atoms with E-state index in [9.17, 15) is 13.6 Å². The van der Waals surface area contributed by atoms with Gasteiger partial charge in [0.1, 0.15) is 0 Å². The first-order valence-electron chi connectivity index (χ1n) is 6.72. The zero-order chi connectivity index (χ0) is 14.8. The van der Waals surface area contributed by atoms with Crippen LogP contribution in [0.4, 0.5) is 14.5 Å². The second kappa shape index (κ2) is 5.61. The van der Waals surface area contributed by atoms with Gasteiger partial charge in [-0.2, -0.15) is 0 Å². The molecule has 2 aromatic carbocycles. The highest BCUT2D eigenvalue weighted by atomic mass is 19.2. The van der Waals surface area contributed by atoms with Gasteiger partial charge in [-0.15, -0.1) is 0 Å². The lowest BCUT2D eigenvalue weighted by atomic mass is 10.1. The summed E-state index contributed by atoms with van der Waals surface area (Å²) in [7, 11) is 0. The maximum Gasteiger partial charge on any atom is 0.258 e. The van der Waals surface area contributed by atoms with Crippen molar-refractivity contribution in [2.45, 2.75) is 6.54 Å². The van der Waals surface area contributed by atoms with E-state index in [2.05, 4.69) is 5.32 Å². The number of amides is 1. The van der Waals surface area contributed by atoms with Gasteiger partial charge in [-0.3, -0.25) is 4.79 Å². The lowest BCUT2D eigenvalue weighted by Crippen LogP contribution is -2.34. The second-order valence-corrected chi connectivity index (χ2v) is 4.89. The van der Waals surface area contributed by atoms with Gasteiger partial charge < -0.3 is 10.2 Å². The summed E-state index contributed by atoms with van der Waals surface area (Å²) >= 11 is 0. The summed E-state index contributed by atoms with van der Waals surface area (Å²) in [6.07, 6.45) is 0. The summed E-state index contributed by atoms with van der Waals surface area (Å²) < 4.78 is 26.3. The Hall–Kier alpha value is -2.27. The lowest BCUT2D eigenvalue weighted by Gasteiger charge is -2.22. The van der Waals surface area contributed by atoms with Gasteiger partial charge in [0, 0.05) is 30.9 Å². The highest BCUT2D eigenvalue weighted by Gasteiger charge is 2.22. The zero-order valence-electron chi connectivity index (χ0n) is 11.3. The van der Waals surface area contributed by atoms with Crippen molar-refractivity contribution in [3.63, 3.8) is 0 Å². The molecule has 1 aliphatic rings. The summed E-state index contributed by atoms with van der Waals surface area (Å²) in [5, 5.41) is 3.23. The van der Waals surface area contributed by atoms with Crippen molar-refractivity contribution in [2.75, 3.05) is 18.0 Å². The molecule has 0 aliphatic carbocycles. The van der Waals surface area contributed by atoms with Crippen LogP contribution >= 0.6 is 0 Å². The Labute approximate surface area is 121 Å². The number of para-hydroxylation sites is 1. The number of carbonyl (C=O) groups is 1. The third-order valence-electron chi connectivity index (χ3n) is 3.52. The van der Waals surface area contributed by atoms with Crippen LogP contribution in [-0.4, -0.2) is 19.0 Å². The maximum absolute atomic E-state index is 13.3. The van der Waals surface area contributed by atoms with Gasteiger partial charge in [0.25, 0.3) is 5.91 Å². The Morgan fingerprint density at radius 1 is 1.10 bits per heavy atom. The number of hydrogen-bond donors (Lipinski definition) is 1. The molecule has 0 bridgehead atoms. The van der Waals surface area contributed by atoms with Gasteiger partial charge in [0.15, 0.2) is 11.6 Å². The smallest absolute Gasteiger partial charge is 0.258 e. The molecular weight excluding hydrogens is 274 g/mol. The van der Waals surface area contributed by atoms with E-state index in [0.29, 0.717) is 19.6 Å². The Morgan fingerprint density at radius 3 is 2.71 bits per heavy atom. The van der Waals surface area contributed by atoms with Gasteiger partial charge in [-0.1, -0.05) is 18.2 Å². The number of nitrogens with one attached hydrogen (secondary N) is 1. The second-order valence-electron chi connectivity index (χ2n) is 4.89. The van der Waals surface area contributed by atoms with Crippen LogP contribution in [0.1, 0.15) is 15.9 Å². The monoisotopic (exact) mass is 288 g/mol. The first-order valence-corrected chi connectivity index (χ1v) is 6.72. The predicted molar refractivity (Wildman–Crippen MR) is 76.2 cm³/mol. The highest BCUT2D eigenvalue weighted by Crippen LogP contribution is 2.24. The van der Waals surface area contributed by atoms with E-state index in [0.717, 1.165) is 23.4 Å². The standard InChI is InChI=1S/C16H14F2N2O/c17-13-6-5-11(9-14(13)18)16(21)20-8-7-19-10-12-3-1-2-4-15(12)20/h1-6,9,19H,7-8,10H2. The average molecular weight is 288 g/mol. The molecule has 1 amide bonds. The summed E-state index contributed by atoms with van der Waals surface area (Å²) in [5.41, 5.74) is 1.95. The Bertz CT molecular complexity index is 688. The number of carbonyl (C=O) groups excluding carboxylic acids is 1. The summed E-state index contributed by atoms with van der Waals surface area (Å²) in [6.45, 7) is 1.80. The number of nitrogens with zero attached hydrogens (tertiary/aromatic N) is 1.